The average molecular weight is 250 g/mol. The van der Waals surface area contributed by atoms with E-state index in [4.69, 9.17) is 0 Å². The number of benzene rings is 1. The van der Waals surface area contributed by atoms with Crippen LogP contribution in [0.5, 0.6) is 0 Å². The van der Waals surface area contributed by atoms with Crippen molar-refractivity contribution in [1.29, 1.82) is 0 Å². The maximum Gasteiger partial charge on any atom is 0.405 e. The van der Waals surface area contributed by atoms with Gasteiger partial charge in [0.25, 0.3) is 0 Å². The van der Waals surface area contributed by atoms with Gasteiger partial charge in [-0.1, -0.05) is 49.6 Å². The number of allylic oxidation sites excluding steroid dienone is 3. The Hall–Kier alpha value is -2.16. The molecular weight excluding hydrogens is 231 g/mol. The molecule has 1 aromatic carbocycles. The molecule has 96 valence electrons. The monoisotopic (exact) mass is 250 g/mol. The molecule has 0 fully saturated rings. The van der Waals surface area contributed by atoms with Gasteiger partial charge >= 0.3 is 6.98 Å². The predicted molar refractivity (Wildman–Crippen MR) is 86.7 cm³/mol. The summed E-state index contributed by atoms with van der Waals surface area (Å²) in [6.45, 7) is 16.1. The van der Waals surface area contributed by atoms with E-state index in [1.54, 1.807) is 0 Å². The second-order valence-electron chi connectivity index (χ2n) is 4.83. The van der Waals surface area contributed by atoms with Crippen LogP contribution in [0.15, 0.2) is 55.1 Å². The van der Waals surface area contributed by atoms with Gasteiger partial charge in [-0.3, -0.25) is 0 Å². The van der Waals surface area contributed by atoms with Gasteiger partial charge in [0, 0.05) is 16.9 Å². The van der Waals surface area contributed by atoms with E-state index in [2.05, 4.69) is 50.1 Å². The van der Waals surface area contributed by atoms with Crippen molar-refractivity contribution in [3.8, 4) is 0 Å². The third kappa shape index (κ3) is 2.36. The highest BCUT2D eigenvalue weighted by atomic mass is 15.0. The molecule has 0 aromatic heterocycles. The molecule has 1 aromatic rings. The van der Waals surface area contributed by atoms with Crippen molar-refractivity contribution in [1.82, 2.24) is 5.23 Å². The molecule has 19 heavy (non-hydrogen) atoms. The van der Waals surface area contributed by atoms with Crippen LogP contribution in [-0.4, -0.2) is 6.98 Å². The Morgan fingerprint density at radius 3 is 2.53 bits per heavy atom. The number of nitrogens with one attached hydrogen (secondary N) is 2. The molecule has 0 saturated heterocycles. The van der Waals surface area contributed by atoms with E-state index in [0.717, 1.165) is 28.0 Å². The lowest BCUT2D eigenvalue weighted by atomic mass is 9.63. The van der Waals surface area contributed by atoms with Crippen LogP contribution in [-0.2, 0) is 0 Å². The number of anilines is 1. The minimum Gasteiger partial charge on any atom is -0.405 e. The van der Waals surface area contributed by atoms with Crippen LogP contribution in [0.4, 0.5) is 5.69 Å². The number of hydrogen-bond acceptors (Lipinski definition) is 2. The Kier molecular flexibility index (Phi) is 3.65. The van der Waals surface area contributed by atoms with Crippen molar-refractivity contribution < 1.29 is 0 Å². The highest BCUT2D eigenvalue weighted by molar-refractivity contribution is 6.70. The lowest BCUT2D eigenvalue weighted by Crippen LogP contribution is -2.45. The molecule has 0 unspecified atom stereocenters. The maximum absolute atomic E-state index is 4.13. The average Bonchev–Trinajstić information content (AvgIpc) is 2.38. The number of fused-ring (bicyclic) bond motifs is 1. The Bertz CT molecular complexity index is 580. The summed E-state index contributed by atoms with van der Waals surface area (Å²) in [4.78, 5) is 0. The molecule has 0 aliphatic carbocycles. The predicted octanol–water partition coefficient (Wildman–Crippen LogP) is 3.87. The second kappa shape index (κ2) is 5.23. The molecule has 3 heteroatoms. The molecule has 1 heterocycles. The third-order valence-electron chi connectivity index (χ3n) is 3.35. The Morgan fingerprint density at radius 1 is 1.21 bits per heavy atom. The summed E-state index contributed by atoms with van der Waals surface area (Å²) >= 11 is 0. The largest absolute Gasteiger partial charge is 0.405 e. The van der Waals surface area contributed by atoms with E-state index >= 15 is 0 Å². The third-order valence-corrected chi connectivity index (χ3v) is 3.35. The van der Waals surface area contributed by atoms with E-state index in [0.29, 0.717) is 0 Å². The maximum atomic E-state index is 4.13. The first-order valence-electron chi connectivity index (χ1n) is 6.36. The molecule has 1 aliphatic heterocycles. The zero-order chi connectivity index (χ0) is 14.0. The molecule has 0 saturated carbocycles. The van der Waals surface area contributed by atoms with Crippen LogP contribution in [0.2, 0.25) is 0 Å². The zero-order valence-electron chi connectivity index (χ0n) is 11.6. The van der Waals surface area contributed by atoms with Gasteiger partial charge < -0.3 is 10.5 Å². The number of rotatable bonds is 3. The Balaban J connectivity index is 2.47. The van der Waals surface area contributed by atoms with Crippen LogP contribution in [0.25, 0.3) is 11.8 Å². The van der Waals surface area contributed by atoms with Gasteiger partial charge in [-0.15, -0.1) is 0 Å². The van der Waals surface area contributed by atoms with Gasteiger partial charge in [0.1, 0.15) is 0 Å². The van der Waals surface area contributed by atoms with Crippen LogP contribution in [0.1, 0.15) is 25.0 Å². The topological polar surface area (TPSA) is 24.1 Å². The van der Waals surface area contributed by atoms with Crippen molar-refractivity contribution in [3.63, 3.8) is 0 Å². The van der Waals surface area contributed by atoms with E-state index in [-0.39, 0.29) is 6.98 Å². The minimum absolute atomic E-state index is 0.0163. The standard InChI is InChI=1S/C16H19BN2/c1-6-13-9-8-10-15-16(13)12(5)18-17(19-15)14(7-2)11(3)4/h6-10,18-19H,1-2,5H2,3-4H3. The second-order valence-corrected chi connectivity index (χ2v) is 4.83. The smallest absolute Gasteiger partial charge is 0.405 e. The van der Waals surface area contributed by atoms with Gasteiger partial charge in [-0.2, -0.15) is 0 Å². The summed E-state index contributed by atoms with van der Waals surface area (Å²) in [6, 6.07) is 6.12. The van der Waals surface area contributed by atoms with Crippen LogP contribution in [0, 0.1) is 0 Å². The first-order valence-corrected chi connectivity index (χ1v) is 6.36. The lowest BCUT2D eigenvalue weighted by Gasteiger charge is -2.30. The summed E-state index contributed by atoms with van der Waals surface area (Å²) in [7, 11) is 0. The van der Waals surface area contributed by atoms with Gasteiger partial charge in [0.2, 0.25) is 0 Å². The van der Waals surface area contributed by atoms with Crippen LogP contribution >= 0.6 is 0 Å². The molecule has 0 bridgehead atoms. The fraction of sp³-hybridized carbons (Fsp3) is 0.125. The summed E-state index contributed by atoms with van der Waals surface area (Å²) in [5, 5.41) is 6.88. The molecule has 2 rings (SSSR count). The van der Waals surface area contributed by atoms with Gasteiger partial charge in [-0.05, 0) is 30.9 Å². The van der Waals surface area contributed by atoms with Gasteiger partial charge in [0.15, 0.2) is 0 Å². The highest BCUT2D eigenvalue weighted by Gasteiger charge is 2.28. The molecule has 2 N–H and O–H groups in total. The van der Waals surface area contributed by atoms with Gasteiger partial charge in [0.05, 0.1) is 0 Å². The normalized spacial score (nSPS) is 12.9. The first-order chi connectivity index (χ1) is 9.08. The Labute approximate surface area is 115 Å². The fourth-order valence-electron chi connectivity index (χ4n) is 2.40. The summed E-state index contributed by atoms with van der Waals surface area (Å²) in [5.41, 5.74) is 6.54. The summed E-state index contributed by atoms with van der Waals surface area (Å²) in [5.74, 6) is 0. The van der Waals surface area contributed by atoms with Crippen LogP contribution < -0.4 is 10.5 Å². The molecular formula is C16H19BN2. The van der Waals surface area contributed by atoms with E-state index in [9.17, 15) is 0 Å². The molecule has 0 atom stereocenters. The number of hydrogen-bond donors (Lipinski definition) is 2. The highest BCUT2D eigenvalue weighted by Crippen LogP contribution is 2.31. The van der Waals surface area contributed by atoms with E-state index in [1.807, 2.05) is 24.3 Å². The van der Waals surface area contributed by atoms with Crippen molar-refractivity contribution in [2.75, 3.05) is 5.23 Å². The summed E-state index contributed by atoms with van der Waals surface area (Å²) < 4.78 is 0. The zero-order valence-corrected chi connectivity index (χ0v) is 11.6. The van der Waals surface area contributed by atoms with E-state index < -0.39 is 0 Å². The SMILES string of the molecule is C=CC(B1NC(=C)c2c(C=C)cccc2N1)=C(C)C. The molecule has 0 radical (unpaired) electrons. The van der Waals surface area contributed by atoms with Gasteiger partial charge in [-0.25, -0.2) is 0 Å². The molecule has 2 nitrogen and oxygen atoms in total. The molecule has 1 aliphatic rings. The fourth-order valence-corrected chi connectivity index (χ4v) is 2.40. The molecule has 0 amide bonds. The minimum atomic E-state index is 0.0163. The van der Waals surface area contributed by atoms with Crippen LogP contribution in [0.3, 0.4) is 0 Å². The lowest BCUT2D eigenvalue weighted by molar-refractivity contribution is 1.26. The summed E-state index contributed by atoms with van der Waals surface area (Å²) in [6.07, 6.45) is 3.73. The van der Waals surface area contributed by atoms with Crippen molar-refractivity contribution in [2.45, 2.75) is 13.8 Å². The molecule has 0 spiro atoms. The van der Waals surface area contributed by atoms with Crippen molar-refractivity contribution >= 4 is 24.4 Å². The van der Waals surface area contributed by atoms with Crippen molar-refractivity contribution in [2.24, 2.45) is 0 Å². The first kappa shape index (κ1) is 13.3. The Morgan fingerprint density at radius 2 is 1.95 bits per heavy atom. The quantitative estimate of drug-likeness (QED) is 0.628. The van der Waals surface area contributed by atoms with E-state index in [1.165, 1.54) is 5.57 Å². The van der Waals surface area contributed by atoms with Crippen molar-refractivity contribution in [3.05, 3.63) is 66.2 Å².